The van der Waals surface area contributed by atoms with Gasteiger partial charge in [-0.15, -0.1) is 0 Å². The number of nitrogens with one attached hydrogen (secondary N) is 1. The molecule has 4 heteroatoms. The third-order valence-electron chi connectivity index (χ3n) is 2.32. The maximum Gasteiger partial charge on any atom is 0.137 e. The summed E-state index contributed by atoms with van der Waals surface area (Å²) in [4.78, 5) is 0. The van der Waals surface area contributed by atoms with E-state index >= 15 is 0 Å². The molecule has 0 aliphatic heterocycles. The molecule has 0 bridgehead atoms. The third kappa shape index (κ3) is 3.67. The van der Waals surface area contributed by atoms with Crippen molar-refractivity contribution in [1.82, 2.24) is 0 Å². The Labute approximate surface area is 122 Å². The molecule has 0 atom stereocenters. The highest BCUT2D eigenvalue weighted by molar-refractivity contribution is 14.1. The predicted molar refractivity (Wildman–Crippen MR) is 80.6 cm³/mol. The number of halogens is 3. The van der Waals surface area contributed by atoms with Crippen molar-refractivity contribution in [2.24, 2.45) is 0 Å². The molecule has 2 rings (SSSR count). The fourth-order valence-electron chi connectivity index (χ4n) is 1.42. The van der Waals surface area contributed by atoms with Crippen molar-refractivity contribution in [3.8, 4) is 0 Å². The van der Waals surface area contributed by atoms with Gasteiger partial charge in [-0.2, -0.15) is 0 Å². The summed E-state index contributed by atoms with van der Waals surface area (Å²) < 4.78 is 14.7. The van der Waals surface area contributed by atoms with Crippen molar-refractivity contribution in [1.29, 1.82) is 0 Å². The zero-order valence-corrected chi connectivity index (χ0v) is 12.6. The van der Waals surface area contributed by atoms with Crippen molar-refractivity contribution in [3.05, 3.63) is 61.9 Å². The molecular weight excluding hydrogens is 396 g/mol. The molecule has 0 saturated carbocycles. The fourth-order valence-corrected chi connectivity index (χ4v) is 2.21. The van der Waals surface area contributed by atoms with Crippen LogP contribution in [0.25, 0.3) is 0 Å². The first-order chi connectivity index (χ1) is 8.15. The summed E-state index contributed by atoms with van der Waals surface area (Å²) in [6.07, 6.45) is 0. The van der Waals surface area contributed by atoms with Crippen molar-refractivity contribution >= 4 is 44.2 Å². The molecule has 88 valence electrons. The smallest absolute Gasteiger partial charge is 0.137 e. The van der Waals surface area contributed by atoms with Crippen LogP contribution < -0.4 is 5.32 Å². The summed E-state index contributed by atoms with van der Waals surface area (Å²) in [5.41, 5.74) is 2.10. The van der Waals surface area contributed by atoms with Gasteiger partial charge in [-0.05, 0) is 80.5 Å². The molecule has 0 radical (unpaired) electrons. The van der Waals surface area contributed by atoms with Gasteiger partial charge in [-0.3, -0.25) is 0 Å². The quantitative estimate of drug-likeness (QED) is 0.723. The van der Waals surface area contributed by atoms with Crippen LogP contribution in [0.5, 0.6) is 0 Å². The molecule has 2 aromatic rings. The summed E-state index contributed by atoms with van der Waals surface area (Å²) in [5, 5.41) is 3.29. The fraction of sp³-hybridized carbons (Fsp3) is 0.0769. The van der Waals surface area contributed by atoms with Crippen molar-refractivity contribution in [2.45, 2.75) is 6.54 Å². The van der Waals surface area contributed by atoms with Gasteiger partial charge in [0.05, 0.1) is 4.47 Å². The molecular formula is C13H10BrFIN. The van der Waals surface area contributed by atoms with E-state index in [1.54, 1.807) is 12.1 Å². The summed E-state index contributed by atoms with van der Waals surface area (Å²) in [6.45, 7) is 0.680. The molecule has 1 N–H and O–H groups in total. The molecule has 0 amide bonds. The van der Waals surface area contributed by atoms with Crippen LogP contribution in [0.2, 0.25) is 0 Å². The number of rotatable bonds is 3. The summed E-state index contributed by atoms with van der Waals surface area (Å²) in [5.74, 6) is -0.233. The normalized spacial score (nSPS) is 10.3. The minimum Gasteiger partial charge on any atom is -0.381 e. The van der Waals surface area contributed by atoms with E-state index in [9.17, 15) is 4.39 Å². The maximum absolute atomic E-state index is 13.0. The Morgan fingerprint density at radius 3 is 2.47 bits per heavy atom. The molecule has 0 heterocycles. The zero-order valence-electron chi connectivity index (χ0n) is 8.88. The van der Waals surface area contributed by atoms with Gasteiger partial charge < -0.3 is 5.32 Å². The minimum atomic E-state index is -0.233. The lowest BCUT2D eigenvalue weighted by Gasteiger charge is -2.07. The van der Waals surface area contributed by atoms with Crippen LogP contribution in [-0.2, 0) is 6.54 Å². The Morgan fingerprint density at radius 1 is 1.12 bits per heavy atom. The Kier molecular flexibility index (Phi) is 4.39. The average molecular weight is 406 g/mol. The molecule has 0 aliphatic carbocycles. The average Bonchev–Trinajstić information content (AvgIpc) is 2.33. The van der Waals surface area contributed by atoms with Crippen LogP contribution in [-0.4, -0.2) is 0 Å². The SMILES string of the molecule is Fc1ccc(CNc2ccc(I)cc2)cc1Br. The van der Waals surface area contributed by atoms with Crippen LogP contribution in [0.1, 0.15) is 5.56 Å². The second-order valence-electron chi connectivity index (χ2n) is 3.61. The highest BCUT2D eigenvalue weighted by Crippen LogP contribution is 2.18. The van der Waals surface area contributed by atoms with Gasteiger partial charge in [0.25, 0.3) is 0 Å². The van der Waals surface area contributed by atoms with E-state index in [0.29, 0.717) is 11.0 Å². The van der Waals surface area contributed by atoms with Crippen LogP contribution in [0, 0.1) is 9.39 Å². The van der Waals surface area contributed by atoms with Gasteiger partial charge in [0.2, 0.25) is 0 Å². The van der Waals surface area contributed by atoms with Gasteiger partial charge in [-0.25, -0.2) is 4.39 Å². The van der Waals surface area contributed by atoms with Crippen LogP contribution >= 0.6 is 38.5 Å². The van der Waals surface area contributed by atoms with E-state index in [0.717, 1.165) is 11.3 Å². The van der Waals surface area contributed by atoms with Crippen molar-refractivity contribution in [3.63, 3.8) is 0 Å². The van der Waals surface area contributed by atoms with Gasteiger partial charge in [-0.1, -0.05) is 6.07 Å². The van der Waals surface area contributed by atoms with Gasteiger partial charge in [0.15, 0.2) is 0 Å². The minimum absolute atomic E-state index is 0.233. The molecule has 0 aromatic heterocycles. The summed E-state index contributed by atoms with van der Waals surface area (Å²) in [6, 6.07) is 13.2. The van der Waals surface area contributed by atoms with Crippen molar-refractivity contribution < 1.29 is 4.39 Å². The lowest BCUT2D eigenvalue weighted by atomic mass is 10.2. The Balaban J connectivity index is 2.02. The first-order valence-corrected chi connectivity index (χ1v) is 6.96. The first kappa shape index (κ1) is 12.8. The highest BCUT2D eigenvalue weighted by Gasteiger charge is 2.00. The van der Waals surface area contributed by atoms with E-state index in [-0.39, 0.29) is 5.82 Å². The zero-order chi connectivity index (χ0) is 12.3. The largest absolute Gasteiger partial charge is 0.381 e. The number of hydrogen-bond acceptors (Lipinski definition) is 1. The monoisotopic (exact) mass is 405 g/mol. The molecule has 0 unspecified atom stereocenters. The molecule has 1 nitrogen and oxygen atoms in total. The second-order valence-corrected chi connectivity index (χ2v) is 5.71. The molecule has 0 aliphatic rings. The van der Waals surface area contributed by atoms with Crippen molar-refractivity contribution in [2.75, 3.05) is 5.32 Å². The van der Waals surface area contributed by atoms with E-state index in [1.807, 2.05) is 24.3 Å². The maximum atomic E-state index is 13.0. The number of hydrogen-bond donors (Lipinski definition) is 1. The number of anilines is 1. The second kappa shape index (κ2) is 5.82. The standard InChI is InChI=1S/C13H10BrFIN/c14-12-7-9(1-6-13(12)15)8-17-11-4-2-10(16)3-5-11/h1-7,17H,8H2. The molecule has 0 spiro atoms. The molecule has 2 aromatic carbocycles. The topological polar surface area (TPSA) is 12.0 Å². The van der Waals surface area contributed by atoms with E-state index in [2.05, 4.69) is 43.8 Å². The first-order valence-electron chi connectivity index (χ1n) is 5.08. The molecule has 0 saturated heterocycles. The molecule has 0 fully saturated rings. The van der Waals surface area contributed by atoms with Gasteiger partial charge in [0.1, 0.15) is 5.82 Å². The van der Waals surface area contributed by atoms with Crippen LogP contribution in [0.3, 0.4) is 0 Å². The lowest BCUT2D eigenvalue weighted by molar-refractivity contribution is 0.620. The van der Waals surface area contributed by atoms with Gasteiger partial charge in [0, 0.05) is 15.8 Å². The third-order valence-corrected chi connectivity index (χ3v) is 3.65. The summed E-state index contributed by atoms with van der Waals surface area (Å²) >= 11 is 5.45. The number of benzene rings is 2. The Bertz CT molecular complexity index is 513. The van der Waals surface area contributed by atoms with Gasteiger partial charge >= 0.3 is 0 Å². The Morgan fingerprint density at radius 2 is 1.82 bits per heavy atom. The van der Waals surface area contributed by atoms with E-state index < -0.39 is 0 Å². The van der Waals surface area contributed by atoms with Crippen LogP contribution in [0.4, 0.5) is 10.1 Å². The highest BCUT2D eigenvalue weighted by atomic mass is 127. The summed E-state index contributed by atoms with van der Waals surface area (Å²) in [7, 11) is 0. The lowest BCUT2D eigenvalue weighted by Crippen LogP contribution is -1.99. The van der Waals surface area contributed by atoms with E-state index in [1.165, 1.54) is 9.64 Å². The van der Waals surface area contributed by atoms with E-state index in [4.69, 9.17) is 0 Å². The Hall–Kier alpha value is -0.620. The predicted octanol–water partition coefficient (Wildman–Crippen LogP) is 4.80. The molecule has 17 heavy (non-hydrogen) atoms. The van der Waals surface area contributed by atoms with Crippen LogP contribution in [0.15, 0.2) is 46.9 Å².